The quantitative estimate of drug-likeness (QED) is 0.759. The molecule has 1 aromatic rings. The van der Waals surface area contributed by atoms with Crippen molar-refractivity contribution in [1.82, 2.24) is 0 Å². The number of hydrogen-bond donors (Lipinski definition) is 0. The van der Waals surface area contributed by atoms with E-state index in [0.717, 1.165) is 19.4 Å². The summed E-state index contributed by atoms with van der Waals surface area (Å²) < 4.78 is 14.2. The highest BCUT2D eigenvalue weighted by atomic mass is 19.1. The number of hydrogen-bond acceptors (Lipinski definition) is 2. The van der Waals surface area contributed by atoms with Crippen molar-refractivity contribution in [2.24, 2.45) is 0 Å². The average molecular weight is 263 g/mol. The molecule has 0 atom stereocenters. The Bertz CT molecular complexity index is 452. The van der Waals surface area contributed by atoms with Crippen LogP contribution in [0.2, 0.25) is 0 Å². The summed E-state index contributed by atoms with van der Waals surface area (Å²) in [6.07, 6.45) is 5.86. The number of carbonyl (C=O) groups is 1. The molecule has 1 saturated carbocycles. The fourth-order valence-electron chi connectivity index (χ4n) is 3.08. The van der Waals surface area contributed by atoms with E-state index in [1.807, 2.05) is 6.92 Å². The van der Waals surface area contributed by atoms with Gasteiger partial charge in [0.2, 0.25) is 0 Å². The van der Waals surface area contributed by atoms with Crippen LogP contribution in [0, 0.1) is 5.82 Å². The lowest BCUT2D eigenvalue weighted by Crippen LogP contribution is -2.38. The summed E-state index contributed by atoms with van der Waals surface area (Å²) in [6, 6.07) is 5.16. The van der Waals surface area contributed by atoms with Gasteiger partial charge >= 0.3 is 0 Å². The largest absolute Gasteiger partial charge is 0.366 e. The summed E-state index contributed by atoms with van der Waals surface area (Å²) in [5.41, 5.74) is 1.01. The van der Waals surface area contributed by atoms with Gasteiger partial charge in [0.15, 0.2) is 5.78 Å². The molecule has 0 amide bonds. The number of anilines is 1. The monoisotopic (exact) mass is 263 g/mol. The van der Waals surface area contributed by atoms with Crippen molar-refractivity contribution in [1.29, 1.82) is 0 Å². The maximum absolute atomic E-state index is 14.2. The Hall–Kier alpha value is -1.38. The molecule has 0 unspecified atom stereocenters. The molecule has 1 fully saturated rings. The van der Waals surface area contributed by atoms with Crippen molar-refractivity contribution in [3.05, 3.63) is 29.6 Å². The fraction of sp³-hybridized carbons (Fsp3) is 0.562. The van der Waals surface area contributed by atoms with Crippen LogP contribution in [0.25, 0.3) is 0 Å². The van der Waals surface area contributed by atoms with Gasteiger partial charge in [-0.05, 0) is 38.8 Å². The van der Waals surface area contributed by atoms with Gasteiger partial charge in [-0.25, -0.2) is 4.39 Å². The highest BCUT2D eigenvalue weighted by Gasteiger charge is 2.25. The number of nitrogens with zero attached hydrogens (tertiary/aromatic N) is 1. The van der Waals surface area contributed by atoms with E-state index in [-0.39, 0.29) is 11.6 Å². The van der Waals surface area contributed by atoms with Crippen LogP contribution in [-0.2, 0) is 0 Å². The van der Waals surface area contributed by atoms with Crippen LogP contribution in [0.5, 0.6) is 0 Å². The molecule has 2 rings (SSSR count). The van der Waals surface area contributed by atoms with Crippen LogP contribution in [-0.4, -0.2) is 18.4 Å². The molecular formula is C16H22FNO. The van der Waals surface area contributed by atoms with Gasteiger partial charge in [-0.15, -0.1) is 0 Å². The van der Waals surface area contributed by atoms with Gasteiger partial charge in [0, 0.05) is 18.2 Å². The average Bonchev–Trinajstić information content (AvgIpc) is 2.42. The third kappa shape index (κ3) is 2.96. The molecule has 1 aliphatic carbocycles. The molecule has 0 spiro atoms. The molecule has 0 aliphatic heterocycles. The van der Waals surface area contributed by atoms with E-state index >= 15 is 0 Å². The smallest absolute Gasteiger partial charge is 0.161 e. The van der Waals surface area contributed by atoms with Crippen molar-refractivity contribution in [3.63, 3.8) is 0 Å². The summed E-state index contributed by atoms with van der Waals surface area (Å²) in [4.78, 5) is 13.8. The highest BCUT2D eigenvalue weighted by Crippen LogP contribution is 2.31. The molecule has 3 heteroatoms. The number of ketones is 1. The predicted molar refractivity (Wildman–Crippen MR) is 76.3 cm³/mol. The van der Waals surface area contributed by atoms with E-state index in [4.69, 9.17) is 0 Å². The second kappa shape index (κ2) is 6.18. The van der Waals surface area contributed by atoms with Crippen LogP contribution in [0.4, 0.5) is 10.1 Å². The van der Waals surface area contributed by atoms with Crippen molar-refractivity contribution < 1.29 is 9.18 Å². The van der Waals surface area contributed by atoms with Gasteiger partial charge in [0.05, 0.1) is 5.69 Å². The Morgan fingerprint density at radius 1 is 1.32 bits per heavy atom. The third-order valence-corrected chi connectivity index (χ3v) is 4.01. The van der Waals surface area contributed by atoms with Gasteiger partial charge in [0.1, 0.15) is 5.82 Å². The van der Waals surface area contributed by atoms with Crippen LogP contribution in [0.3, 0.4) is 0 Å². The molecular weight excluding hydrogens is 241 g/mol. The number of Topliss-reactive ketones (excluding diaryl/α,β-unsaturated/α-hetero) is 1. The van der Waals surface area contributed by atoms with Crippen LogP contribution < -0.4 is 4.90 Å². The zero-order chi connectivity index (χ0) is 13.8. The Morgan fingerprint density at radius 2 is 2.00 bits per heavy atom. The van der Waals surface area contributed by atoms with E-state index < -0.39 is 0 Å². The molecule has 1 aliphatic rings. The number of benzene rings is 1. The van der Waals surface area contributed by atoms with E-state index in [9.17, 15) is 9.18 Å². The standard InChI is InChI=1S/C16H22FNO/c1-3-18(13-8-5-4-6-9-13)16-14(12(2)19)10-7-11-15(16)17/h7,10-11,13H,3-6,8-9H2,1-2H3. The van der Waals surface area contributed by atoms with Crippen molar-refractivity contribution in [3.8, 4) is 0 Å². The van der Waals surface area contributed by atoms with Crippen molar-refractivity contribution in [2.45, 2.75) is 52.0 Å². The van der Waals surface area contributed by atoms with Crippen LogP contribution >= 0.6 is 0 Å². The second-order valence-corrected chi connectivity index (χ2v) is 5.27. The first-order valence-electron chi connectivity index (χ1n) is 7.21. The first-order chi connectivity index (χ1) is 9.15. The normalized spacial score (nSPS) is 16.4. The van der Waals surface area contributed by atoms with E-state index in [0.29, 0.717) is 17.3 Å². The Morgan fingerprint density at radius 3 is 2.58 bits per heavy atom. The van der Waals surface area contributed by atoms with Gasteiger partial charge in [-0.1, -0.05) is 25.3 Å². The summed E-state index contributed by atoms with van der Waals surface area (Å²) >= 11 is 0. The summed E-state index contributed by atoms with van der Waals surface area (Å²) in [7, 11) is 0. The third-order valence-electron chi connectivity index (χ3n) is 4.01. The Kier molecular flexibility index (Phi) is 4.56. The molecule has 0 bridgehead atoms. The highest BCUT2D eigenvalue weighted by molar-refractivity contribution is 5.99. The molecule has 0 N–H and O–H groups in total. The SMILES string of the molecule is CCN(c1c(F)cccc1C(C)=O)C1CCCCC1. The first kappa shape index (κ1) is 14.0. The Balaban J connectivity index is 2.39. The van der Waals surface area contributed by atoms with E-state index in [1.165, 1.54) is 32.3 Å². The molecule has 19 heavy (non-hydrogen) atoms. The fourth-order valence-corrected chi connectivity index (χ4v) is 3.08. The molecule has 2 nitrogen and oxygen atoms in total. The van der Waals surface area contributed by atoms with Gasteiger partial charge < -0.3 is 4.90 Å². The number of rotatable bonds is 4. The minimum absolute atomic E-state index is 0.0660. The predicted octanol–water partition coefficient (Wildman–Crippen LogP) is 4.19. The number of halogens is 1. The topological polar surface area (TPSA) is 20.3 Å². The van der Waals surface area contributed by atoms with Crippen LogP contribution in [0.1, 0.15) is 56.3 Å². The molecule has 104 valence electrons. The lowest BCUT2D eigenvalue weighted by atomic mass is 9.93. The number of para-hydroxylation sites is 1. The molecule has 0 heterocycles. The van der Waals surface area contributed by atoms with Gasteiger partial charge in [-0.2, -0.15) is 0 Å². The lowest BCUT2D eigenvalue weighted by molar-refractivity contribution is 0.101. The molecule has 0 radical (unpaired) electrons. The zero-order valence-corrected chi connectivity index (χ0v) is 11.8. The van der Waals surface area contributed by atoms with Crippen molar-refractivity contribution >= 4 is 11.5 Å². The minimum atomic E-state index is -0.278. The second-order valence-electron chi connectivity index (χ2n) is 5.27. The van der Waals surface area contributed by atoms with E-state index in [1.54, 1.807) is 12.1 Å². The van der Waals surface area contributed by atoms with Crippen molar-refractivity contribution in [2.75, 3.05) is 11.4 Å². The maximum Gasteiger partial charge on any atom is 0.161 e. The molecule has 0 saturated heterocycles. The maximum atomic E-state index is 14.2. The number of carbonyl (C=O) groups excluding carboxylic acids is 1. The lowest BCUT2D eigenvalue weighted by Gasteiger charge is -2.36. The van der Waals surface area contributed by atoms with Gasteiger partial charge in [-0.3, -0.25) is 4.79 Å². The van der Waals surface area contributed by atoms with E-state index in [2.05, 4.69) is 4.90 Å². The zero-order valence-electron chi connectivity index (χ0n) is 11.8. The minimum Gasteiger partial charge on any atom is -0.366 e. The summed E-state index contributed by atoms with van der Waals surface area (Å²) in [5, 5.41) is 0. The van der Waals surface area contributed by atoms with Crippen LogP contribution in [0.15, 0.2) is 18.2 Å². The molecule has 0 aromatic heterocycles. The first-order valence-corrected chi connectivity index (χ1v) is 7.21. The Labute approximate surface area is 114 Å². The molecule has 1 aromatic carbocycles. The van der Waals surface area contributed by atoms with Gasteiger partial charge in [0.25, 0.3) is 0 Å². The summed E-state index contributed by atoms with van der Waals surface area (Å²) in [5.74, 6) is -0.344. The summed E-state index contributed by atoms with van der Waals surface area (Å²) in [6.45, 7) is 4.28.